The topological polar surface area (TPSA) is 220 Å². The van der Waals surface area contributed by atoms with Gasteiger partial charge in [-0.25, -0.2) is 4.39 Å². The van der Waals surface area contributed by atoms with Crippen LogP contribution in [0.2, 0.25) is 5.02 Å². The zero-order valence-corrected chi connectivity index (χ0v) is 75.1. The molecule has 27 heteroatoms. The molecule has 20 rings (SSSR count). The summed E-state index contributed by atoms with van der Waals surface area (Å²) in [6.45, 7) is 25.0. The Morgan fingerprint density at radius 3 is 0.962 bits per heavy atom. The summed E-state index contributed by atoms with van der Waals surface area (Å²) in [6.07, 6.45) is 8.81. The van der Waals surface area contributed by atoms with Gasteiger partial charge >= 0.3 is 0 Å². The van der Waals surface area contributed by atoms with E-state index < -0.39 is 0 Å². The first kappa shape index (κ1) is 88.7. The summed E-state index contributed by atoms with van der Waals surface area (Å²) >= 11 is 6.22. The van der Waals surface area contributed by atoms with Crippen LogP contribution in [0.25, 0.3) is 66.2 Å². The number of amides is 4. The molecule has 0 atom stereocenters. The molecule has 8 aromatic carbocycles. The molecule has 12 heterocycles. The molecule has 4 aliphatic rings. The summed E-state index contributed by atoms with van der Waals surface area (Å²) in [4.78, 5) is 120. The average Bonchev–Trinajstić information content (AvgIpc) is 1.52. The van der Waals surface area contributed by atoms with Crippen LogP contribution in [0.3, 0.4) is 0 Å². The van der Waals surface area contributed by atoms with Gasteiger partial charge in [-0.15, -0.1) is 0 Å². The quantitative estimate of drug-likeness (QED) is 0.0708. The summed E-state index contributed by atoms with van der Waals surface area (Å²) in [5, 5.41) is 10.2. The van der Waals surface area contributed by atoms with Crippen LogP contribution in [0.5, 0.6) is 0 Å². The number of benzene rings is 8. The van der Waals surface area contributed by atoms with Gasteiger partial charge in [-0.05, 0) is 236 Å². The lowest BCUT2D eigenvalue weighted by atomic mass is 10.2. The van der Waals surface area contributed by atoms with Crippen LogP contribution in [0.15, 0.2) is 256 Å². The Hall–Kier alpha value is -13.3. The van der Waals surface area contributed by atoms with Crippen LogP contribution < -0.4 is 41.8 Å². The van der Waals surface area contributed by atoms with E-state index in [0.717, 1.165) is 139 Å². The van der Waals surface area contributed by atoms with E-state index in [1.165, 1.54) is 39.9 Å². The number of aliphatic hydroxyl groups excluding tert-OH is 1. The number of carbonyl (C=O) groups excluding carboxylic acids is 4. The molecule has 0 unspecified atom stereocenters. The highest BCUT2D eigenvalue weighted by Gasteiger charge is 2.30. The standard InChI is InChI=1S/C26H27FN4O2.C26H28N4O3.C26H28N4O2.C25H25ClN4O2/c1-18-4-8-21(9-5-18)29-15-14-28(17-25(29)32)12-3-13-30-22-11-7-20(27)16-24(22)31-19(2)6-10-23(31)26(30)33;1-19-5-8-21(9-6-19)28-15-14-27(17-25(28)32)11-3-13-30-22-10-7-20(18-31)16-24(22)29-12-2-4-23(29)26(30)33;1-19-6-9-21(10-7-19)28-16-15-27(18-25(28)31)12-4-14-30-22-11-8-20(2)17-24(22)29-13-3-5-23(29)26(30)32;1-18-5-8-20(9-6-18)28-15-14-27(17-24(28)31)11-3-13-30-21-10-7-19(26)16-23(21)29-12-2-4-22(29)25(30)32/h4-11,16H,3,12-15,17H2,1-2H3;2,4-10,12,16,31H,3,11,13-15,17-18H2,1H3;3,5-11,13,17H,4,12,14-16,18H2,1-2H3;2,4-10,12,16H,3,11,13-15,17H2,1H3. The van der Waals surface area contributed by atoms with Crippen LogP contribution in [0.4, 0.5) is 27.1 Å². The van der Waals surface area contributed by atoms with Gasteiger partial charge in [0.25, 0.3) is 22.2 Å². The monoisotopic (exact) mass is 1770 g/mol. The van der Waals surface area contributed by atoms with E-state index in [1.54, 1.807) is 16.7 Å². The Labute approximate surface area is 756 Å². The SMILES string of the molecule is Cc1ccc(N2CCN(CCCn3c(=O)c4ccc(C)n4c4cc(F)ccc43)CC2=O)cc1.Cc1ccc(N2CCN(CCCn3c(=O)c4cccn4c4cc(C)ccc43)CC2=O)cc1.Cc1ccc(N2CCN(CCCn3c(=O)c4cccn4c4cc(CO)ccc43)CC2=O)cc1.Cc1ccc(N2CCN(CCCn3c(=O)c4cccn4c4cc(Cl)ccc43)CC2=O)cc1. The maximum Gasteiger partial charge on any atom is 0.275 e. The van der Waals surface area contributed by atoms with E-state index in [1.807, 2.05) is 286 Å². The fourth-order valence-electron chi connectivity index (χ4n) is 18.6. The number of carbonyl (C=O) groups is 4. The third-order valence-corrected chi connectivity index (χ3v) is 25.8. The molecular weight excluding hydrogens is 1660 g/mol. The fraction of sp³-hybridized carbons (Fsp3) is 0.301. The third kappa shape index (κ3) is 18.9. The molecule has 0 aliphatic carbocycles. The van der Waals surface area contributed by atoms with E-state index in [2.05, 4.69) is 38.7 Å². The van der Waals surface area contributed by atoms with Gasteiger partial charge in [-0.3, -0.25) is 58.0 Å². The molecule has 668 valence electrons. The van der Waals surface area contributed by atoms with Crippen molar-refractivity contribution in [2.24, 2.45) is 0 Å². The van der Waals surface area contributed by atoms with Crippen molar-refractivity contribution in [2.75, 3.05) is 124 Å². The zero-order chi connectivity index (χ0) is 90.5. The molecule has 4 fully saturated rings. The van der Waals surface area contributed by atoms with E-state index >= 15 is 0 Å². The molecule has 16 aromatic rings. The second-order valence-electron chi connectivity index (χ2n) is 34.6. The van der Waals surface area contributed by atoms with Crippen LogP contribution in [0.1, 0.15) is 64.8 Å². The maximum absolute atomic E-state index is 14.0. The average molecular weight is 1770 g/mol. The number of hydrogen-bond donors (Lipinski definition) is 1. The van der Waals surface area contributed by atoms with Gasteiger partial charge in [0, 0.05) is 157 Å². The van der Waals surface area contributed by atoms with Gasteiger partial charge in [-0.2, -0.15) is 0 Å². The lowest BCUT2D eigenvalue weighted by molar-refractivity contribution is -0.122. The van der Waals surface area contributed by atoms with Gasteiger partial charge in [-0.1, -0.05) is 94.5 Å². The minimum absolute atomic E-state index is 0.00918. The van der Waals surface area contributed by atoms with Crippen molar-refractivity contribution >= 4 is 124 Å². The summed E-state index contributed by atoms with van der Waals surface area (Å²) in [5.74, 6) is 0.124. The number of halogens is 2. The number of piperazine rings is 4. The van der Waals surface area contributed by atoms with E-state index in [4.69, 9.17) is 11.6 Å². The van der Waals surface area contributed by atoms with Gasteiger partial charge in [0.05, 0.1) is 76.9 Å². The number of anilines is 4. The van der Waals surface area contributed by atoms with Gasteiger partial charge in [0.1, 0.15) is 27.9 Å². The van der Waals surface area contributed by atoms with E-state index in [0.29, 0.717) is 123 Å². The summed E-state index contributed by atoms with van der Waals surface area (Å²) in [5.41, 5.74) is 20.8. The largest absolute Gasteiger partial charge is 0.392 e. The molecule has 0 spiro atoms. The molecule has 4 aliphatic heterocycles. The molecule has 8 aromatic heterocycles. The first-order valence-electron chi connectivity index (χ1n) is 44.8. The van der Waals surface area contributed by atoms with Crippen molar-refractivity contribution in [3.05, 3.63) is 328 Å². The van der Waals surface area contributed by atoms with Crippen LogP contribution in [0, 0.1) is 47.4 Å². The summed E-state index contributed by atoms with van der Waals surface area (Å²) in [7, 11) is 0. The van der Waals surface area contributed by atoms with Crippen molar-refractivity contribution in [1.82, 2.24) is 55.5 Å². The second-order valence-corrected chi connectivity index (χ2v) is 35.0. The van der Waals surface area contributed by atoms with Gasteiger partial charge < -0.3 is 60.6 Å². The Kier molecular flexibility index (Phi) is 26.5. The third-order valence-electron chi connectivity index (χ3n) is 25.6. The Morgan fingerprint density at radius 2 is 0.600 bits per heavy atom. The van der Waals surface area contributed by atoms with Crippen molar-refractivity contribution in [3.63, 3.8) is 0 Å². The first-order chi connectivity index (χ1) is 63.0. The minimum Gasteiger partial charge on any atom is -0.392 e. The number of fused-ring (bicyclic) bond motifs is 12. The molecular formula is C103H108ClFN16O9. The Balaban J connectivity index is 0.000000121. The Bertz CT molecular complexity index is 6980. The highest BCUT2D eigenvalue weighted by molar-refractivity contribution is 6.31. The molecule has 1 N–H and O–H groups in total. The number of aromatic nitrogens is 8. The lowest BCUT2D eigenvalue weighted by Crippen LogP contribution is -2.50. The predicted octanol–water partition coefficient (Wildman–Crippen LogP) is 14.1. The smallest absolute Gasteiger partial charge is 0.275 e. The number of rotatable bonds is 21. The van der Waals surface area contributed by atoms with Crippen molar-refractivity contribution in [2.45, 2.75) is 100 Å². The fourth-order valence-corrected chi connectivity index (χ4v) is 18.8. The molecule has 4 amide bonds. The molecule has 4 saturated heterocycles. The maximum atomic E-state index is 14.0. The van der Waals surface area contributed by atoms with Crippen molar-refractivity contribution in [3.8, 4) is 0 Å². The van der Waals surface area contributed by atoms with Crippen LogP contribution >= 0.6 is 11.6 Å². The zero-order valence-electron chi connectivity index (χ0n) is 74.3. The second kappa shape index (κ2) is 38.9. The number of nitrogens with zero attached hydrogens (tertiary/aromatic N) is 16. The summed E-state index contributed by atoms with van der Waals surface area (Å²) in [6, 6.07) is 69.2. The Morgan fingerprint density at radius 1 is 0.292 bits per heavy atom. The van der Waals surface area contributed by atoms with Crippen LogP contribution in [-0.2, 0) is 52.0 Å². The summed E-state index contributed by atoms with van der Waals surface area (Å²) < 4.78 is 28.8. The lowest BCUT2D eigenvalue weighted by Gasteiger charge is -2.34. The molecule has 130 heavy (non-hydrogen) atoms. The highest BCUT2D eigenvalue weighted by Crippen LogP contribution is 2.29. The van der Waals surface area contributed by atoms with E-state index in [9.17, 15) is 47.9 Å². The molecule has 0 saturated carbocycles. The molecule has 0 radical (unpaired) electrons. The van der Waals surface area contributed by atoms with Gasteiger partial charge in [0.15, 0.2) is 0 Å². The minimum atomic E-state index is -0.327. The van der Waals surface area contributed by atoms with Crippen molar-refractivity contribution in [1.29, 1.82) is 0 Å². The number of aryl methyl sites for hydroxylation is 10. The number of hydrogen-bond acceptors (Lipinski definition) is 13. The van der Waals surface area contributed by atoms with Crippen LogP contribution in [-0.4, -0.2) is 189 Å². The van der Waals surface area contributed by atoms with Gasteiger partial charge in [0.2, 0.25) is 23.6 Å². The molecule has 25 nitrogen and oxygen atoms in total. The molecule has 0 bridgehead atoms. The van der Waals surface area contributed by atoms with E-state index in [-0.39, 0.29) is 58.3 Å². The first-order valence-corrected chi connectivity index (χ1v) is 45.2. The van der Waals surface area contributed by atoms with Crippen molar-refractivity contribution < 1.29 is 28.7 Å². The predicted molar refractivity (Wildman–Crippen MR) is 515 cm³/mol. The number of aliphatic hydroxyl groups is 1. The normalized spacial score (nSPS) is 15.1. The highest BCUT2D eigenvalue weighted by atomic mass is 35.5.